The number of rotatable bonds is 3. The second kappa shape index (κ2) is 5.34. The van der Waals surface area contributed by atoms with Gasteiger partial charge in [-0.1, -0.05) is 29.5 Å². The lowest BCUT2D eigenvalue weighted by atomic mass is 10.2. The van der Waals surface area contributed by atoms with Gasteiger partial charge in [0.15, 0.2) is 0 Å². The van der Waals surface area contributed by atoms with E-state index in [4.69, 9.17) is 5.73 Å². The van der Waals surface area contributed by atoms with Gasteiger partial charge < -0.3 is 5.73 Å². The lowest BCUT2D eigenvalue weighted by Crippen LogP contribution is -2.06. The molecule has 0 spiro atoms. The molecule has 1 heterocycles. The van der Waals surface area contributed by atoms with E-state index in [9.17, 15) is 0 Å². The van der Waals surface area contributed by atoms with E-state index in [1.807, 2.05) is 19.2 Å². The zero-order valence-electron chi connectivity index (χ0n) is 10.1. The van der Waals surface area contributed by atoms with E-state index in [1.54, 1.807) is 11.8 Å². The highest BCUT2D eigenvalue weighted by Gasteiger charge is 2.02. The molecule has 2 aromatic rings. The van der Waals surface area contributed by atoms with E-state index in [2.05, 4.69) is 42.2 Å². The predicted octanol–water partition coefficient (Wildman–Crippen LogP) is 3.56. The molecule has 0 unspecified atom stereocenters. The summed E-state index contributed by atoms with van der Waals surface area (Å²) in [7, 11) is 0. The molecular formula is C14H16N2S. The van der Waals surface area contributed by atoms with Gasteiger partial charge in [-0.15, -0.1) is 0 Å². The van der Waals surface area contributed by atoms with Crippen molar-refractivity contribution < 1.29 is 0 Å². The summed E-state index contributed by atoms with van der Waals surface area (Å²) in [5.74, 6) is 0. The lowest BCUT2D eigenvalue weighted by Gasteiger charge is -2.06. The number of pyridine rings is 1. The topological polar surface area (TPSA) is 38.9 Å². The molecule has 1 aromatic heterocycles. The van der Waals surface area contributed by atoms with E-state index in [1.165, 1.54) is 10.5 Å². The van der Waals surface area contributed by atoms with Gasteiger partial charge in [0.25, 0.3) is 0 Å². The summed E-state index contributed by atoms with van der Waals surface area (Å²) in [6.07, 6.45) is 1.88. The molecule has 1 atom stereocenters. The first-order chi connectivity index (χ1) is 8.15. The molecule has 1 aromatic carbocycles. The van der Waals surface area contributed by atoms with Crippen LogP contribution in [0, 0.1) is 6.92 Å². The van der Waals surface area contributed by atoms with Crippen LogP contribution in [0.5, 0.6) is 0 Å². The highest BCUT2D eigenvalue weighted by atomic mass is 32.2. The van der Waals surface area contributed by atoms with Gasteiger partial charge in [-0.2, -0.15) is 0 Å². The van der Waals surface area contributed by atoms with Crippen LogP contribution in [0.25, 0.3) is 0 Å². The Morgan fingerprint density at radius 3 is 2.59 bits per heavy atom. The summed E-state index contributed by atoms with van der Waals surface area (Å²) in [6.45, 7) is 4.04. The Balaban J connectivity index is 2.14. The van der Waals surface area contributed by atoms with Crippen LogP contribution in [0.3, 0.4) is 0 Å². The van der Waals surface area contributed by atoms with Gasteiger partial charge >= 0.3 is 0 Å². The van der Waals surface area contributed by atoms with Crippen molar-refractivity contribution >= 4 is 11.8 Å². The SMILES string of the molecule is Cc1cccc(Sc2ccc([C@@H](C)N)nc2)c1. The number of hydrogen-bond donors (Lipinski definition) is 1. The van der Waals surface area contributed by atoms with Crippen LogP contribution in [0.2, 0.25) is 0 Å². The number of aromatic nitrogens is 1. The highest BCUT2D eigenvalue weighted by Crippen LogP contribution is 2.27. The first-order valence-electron chi connectivity index (χ1n) is 5.61. The third kappa shape index (κ3) is 3.32. The number of hydrogen-bond acceptors (Lipinski definition) is 3. The van der Waals surface area contributed by atoms with Crippen LogP contribution >= 0.6 is 11.8 Å². The van der Waals surface area contributed by atoms with Crippen molar-refractivity contribution in [2.75, 3.05) is 0 Å². The molecular weight excluding hydrogens is 228 g/mol. The molecule has 88 valence electrons. The maximum Gasteiger partial charge on any atom is 0.0569 e. The molecule has 2 N–H and O–H groups in total. The normalized spacial score (nSPS) is 12.4. The third-order valence-corrected chi connectivity index (χ3v) is 3.42. The quantitative estimate of drug-likeness (QED) is 0.897. The largest absolute Gasteiger partial charge is 0.323 e. The average molecular weight is 244 g/mol. The number of nitrogens with zero attached hydrogens (tertiary/aromatic N) is 1. The van der Waals surface area contributed by atoms with Crippen LogP contribution < -0.4 is 5.73 Å². The molecule has 3 heteroatoms. The molecule has 2 rings (SSSR count). The molecule has 0 fully saturated rings. The van der Waals surface area contributed by atoms with Gasteiger partial charge in [0.2, 0.25) is 0 Å². The maximum absolute atomic E-state index is 5.77. The standard InChI is InChI=1S/C14H16N2S/c1-10-4-3-5-12(8-10)17-13-6-7-14(11(2)15)16-9-13/h3-9,11H,15H2,1-2H3/t11-/m1/s1. The van der Waals surface area contributed by atoms with Gasteiger partial charge in [0, 0.05) is 22.0 Å². The second-order valence-corrected chi connectivity index (χ2v) is 5.27. The highest BCUT2D eigenvalue weighted by molar-refractivity contribution is 7.99. The Kier molecular flexibility index (Phi) is 3.82. The summed E-state index contributed by atoms with van der Waals surface area (Å²) in [6, 6.07) is 12.5. The number of nitrogens with two attached hydrogens (primary N) is 1. The minimum Gasteiger partial charge on any atom is -0.323 e. The van der Waals surface area contributed by atoms with Gasteiger partial charge in [-0.3, -0.25) is 4.98 Å². The van der Waals surface area contributed by atoms with Crippen molar-refractivity contribution in [2.45, 2.75) is 29.7 Å². The van der Waals surface area contributed by atoms with Crippen LogP contribution in [0.1, 0.15) is 24.2 Å². The predicted molar refractivity (Wildman–Crippen MR) is 72.1 cm³/mol. The van der Waals surface area contributed by atoms with Crippen LogP contribution in [0.4, 0.5) is 0 Å². The summed E-state index contributed by atoms with van der Waals surface area (Å²) in [5.41, 5.74) is 7.97. The Hall–Kier alpha value is -1.32. The van der Waals surface area contributed by atoms with E-state index in [-0.39, 0.29) is 6.04 Å². The van der Waals surface area contributed by atoms with Crippen molar-refractivity contribution in [3.8, 4) is 0 Å². The maximum atomic E-state index is 5.77. The molecule has 0 amide bonds. The molecule has 0 aliphatic rings. The van der Waals surface area contributed by atoms with Gasteiger partial charge in [-0.05, 0) is 38.1 Å². The minimum absolute atomic E-state index is 0.00646. The van der Waals surface area contributed by atoms with E-state index in [0.29, 0.717) is 0 Å². The number of aryl methyl sites for hydroxylation is 1. The van der Waals surface area contributed by atoms with Crippen molar-refractivity contribution in [1.29, 1.82) is 0 Å². The van der Waals surface area contributed by atoms with E-state index in [0.717, 1.165) is 10.6 Å². The first kappa shape index (κ1) is 12.1. The molecule has 0 aliphatic carbocycles. The van der Waals surface area contributed by atoms with Crippen molar-refractivity contribution in [3.05, 3.63) is 53.9 Å². The summed E-state index contributed by atoms with van der Waals surface area (Å²) in [4.78, 5) is 6.73. The summed E-state index contributed by atoms with van der Waals surface area (Å²) >= 11 is 1.72. The van der Waals surface area contributed by atoms with E-state index >= 15 is 0 Å². The fourth-order valence-corrected chi connectivity index (χ4v) is 2.44. The molecule has 2 nitrogen and oxygen atoms in total. The molecule has 0 radical (unpaired) electrons. The molecule has 17 heavy (non-hydrogen) atoms. The van der Waals surface area contributed by atoms with Gasteiger partial charge in [-0.25, -0.2) is 0 Å². The monoisotopic (exact) mass is 244 g/mol. The van der Waals surface area contributed by atoms with Gasteiger partial charge in [0.1, 0.15) is 0 Å². The molecule has 0 saturated carbocycles. The first-order valence-corrected chi connectivity index (χ1v) is 6.43. The smallest absolute Gasteiger partial charge is 0.0569 e. The third-order valence-electron chi connectivity index (χ3n) is 2.45. The van der Waals surface area contributed by atoms with Gasteiger partial charge in [0.05, 0.1) is 5.69 Å². The number of benzene rings is 1. The fraction of sp³-hybridized carbons (Fsp3) is 0.214. The van der Waals surface area contributed by atoms with Crippen molar-refractivity contribution in [3.63, 3.8) is 0 Å². The minimum atomic E-state index is -0.00646. The van der Waals surface area contributed by atoms with Crippen LogP contribution in [-0.4, -0.2) is 4.98 Å². The Morgan fingerprint density at radius 2 is 2.00 bits per heavy atom. The average Bonchev–Trinajstić information content (AvgIpc) is 2.29. The van der Waals surface area contributed by atoms with Crippen molar-refractivity contribution in [2.24, 2.45) is 5.73 Å². The Bertz CT molecular complexity index is 492. The van der Waals surface area contributed by atoms with E-state index < -0.39 is 0 Å². The lowest BCUT2D eigenvalue weighted by molar-refractivity contribution is 0.777. The van der Waals surface area contributed by atoms with Crippen LogP contribution in [0.15, 0.2) is 52.4 Å². The zero-order valence-corrected chi connectivity index (χ0v) is 10.9. The fourth-order valence-electron chi connectivity index (χ4n) is 1.54. The van der Waals surface area contributed by atoms with Crippen molar-refractivity contribution in [1.82, 2.24) is 4.98 Å². The summed E-state index contributed by atoms with van der Waals surface area (Å²) in [5, 5.41) is 0. The molecule has 0 aliphatic heterocycles. The van der Waals surface area contributed by atoms with Crippen LogP contribution in [-0.2, 0) is 0 Å². The Morgan fingerprint density at radius 1 is 1.18 bits per heavy atom. The Labute approximate surface area is 106 Å². The molecule has 0 saturated heterocycles. The molecule has 0 bridgehead atoms. The zero-order chi connectivity index (χ0) is 12.3. The summed E-state index contributed by atoms with van der Waals surface area (Å²) < 4.78 is 0. The second-order valence-electron chi connectivity index (χ2n) is 4.13.